The molecule has 0 aromatic carbocycles. The Balaban J connectivity index is 0.00000128. The van der Waals surface area contributed by atoms with E-state index in [9.17, 15) is 0 Å². The topological polar surface area (TPSA) is 53.3 Å². The van der Waals surface area contributed by atoms with E-state index in [2.05, 4.69) is 26.1 Å². The second-order valence-corrected chi connectivity index (χ2v) is 3.99. The van der Waals surface area contributed by atoms with Gasteiger partial charge in [-0.1, -0.05) is 0 Å². The average molecular weight is 283 g/mol. The van der Waals surface area contributed by atoms with Crippen molar-refractivity contribution in [3.05, 3.63) is 17.5 Å². The summed E-state index contributed by atoms with van der Waals surface area (Å²) in [7, 11) is 1.99. The van der Waals surface area contributed by atoms with E-state index < -0.39 is 0 Å². The Kier molecular flexibility index (Phi) is 7.74. The Morgan fingerprint density at radius 2 is 2.29 bits per heavy atom. The van der Waals surface area contributed by atoms with Gasteiger partial charge in [0.15, 0.2) is 0 Å². The molecule has 0 radical (unpaired) electrons. The van der Waals surface area contributed by atoms with E-state index in [0.29, 0.717) is 6.54 Å². The van der Waals surface area contributed by atoms with Crippen LogP contribution in [0, 0.1) is 0 Å². The maximum absolute atomic E-state index is 8.80. The average Bonchev–Trinajstić information content (AvgIpc) is 2.59. The van der Waals surface area contributed by atoms with Gasteiger partial charge in [-0.3, -0.25) is 9.58 Å². The zero-order valence-electron chi connectivity index (χ0n) is 9.93. The van der Waals surface area contributed by atoms with Crippen molar-refractivity contribution in [2.45, 2.75) is 19.6 Å². The number of aliphatic hydroxyl groups excluding tert-OH is 1. The number of likely N-dealkylation sites (N-methyl/N-ethyl adjacent to an activating group) is 1. The van der Waals surface area contributed by atoms with Gasteiger partial charge in [0.1, 0.15) is 0 Å². The van der Waals surface area contributed by atoms with Crippen LogP contribution in [-0.2, 0) is 19.6 Å². The first-order valence-corrected chi connectivity index (χ1v) is 5.35. The van der Waals surface area contributed by atoms with E-state index in [-0.39, 0.29) is 31.4 Å². The number of aromatic nitrogens is 2. The second kappa shape index (κ2) is 7.89. The Morgan fingerprint density at radius 1 is 1.53 bits per heavy atom. The molecule has 0 saturated carbocycles. The van der Waals surface area contributed by atoms with Crippen molar-refractivity contribution >= 4 is 24.8 Å². The summed E-state index contributed by atoms with van der Waals surface area (Å²) < 4.78 is 2.07. The molecule has 0 atom stereocenters. The van der Waals surface area contributed by atoms with Crippen molar-refractivity contribution in [1.29, 1.82) is 0 Å². The van der Waals surface area contributed by atoms with Gasteiger partial charge in [-0.15, -0.1) is 24.8 Å². The molecule has 0 spiro atoms. The minimum atomic E-state index is 0. The van der Waals surface area contributed by atoms with Gasteiger partial charge in [0, 0.05) is 26.2 Å². The molecule has 1 aliphatic rings. The first-order chi connectivity index (χ1) is 7.29. The molecule has 17 heavy (non-hydrogen) atoms. The number of hydrogen-bond donors (Lipinski definition) is 2. The fraction of sp³-hybridized carbons (Fsp3) is 0.700. The lowest BCUT2D eigenvalue weighted by Crippen LogP contribution is -2.28. The number of fused-ring (bicyclic) bond motifs is 1. The fourth-order valence-corrected chi connectivity index (χ4v) is 1.86. The van der Waals surface area contributed by atoms with E-state index in [4.69, 9.17) is 5.11 Å². The highest BCUT2D eigenvalue weighted by Crippen LogP contribution is 2.09. The molecule has 0 saturated heterocycles. The number of rotatable bonds is 4. The van der Waals surface area contributed by atoms with Crippen LogP contribution < -0.4 is 5.32 Å². The van der Waals surface area contributed by atoms with Crippen LogP contribution in [0.5, 0.6) is 0 Å². The van der Waals surface area contributed by atoms with Crippen molar-refractivity contribution in [2.24, 2.45) is 0 Å². The van der Waals surface area contributed by atoms with Crippen LogP contribution in [0.15, 0.2) is 6.07 Å². The van der Waals surface area contributed by atoms with E-state index in [1.54, 1.807) is 0 Å². The molecule has 100 valence electrons. The fourth-order valence-electron chi connectivity index (χ4n) is 1.86. The summed E-state index contributed by atoms with van der Waals surface area (Å²) in [5.41, 5.74) is 2.35. The molecule has 7 heteroatoms. The van der Waals surface area contributed by atoms with Crippen molar-refractivity contribution < 1.29 is 5.11 Å². The Bertz CT molecular complexity index is 309. The van der Waals surface area contributed by atoms with Crippen LogP contribution in [0.3, 0.4) is 0 Å². The van der Waals surface area contributed by atoms with Gasteiger partial charge in [-0.05, 0) is 13.1 Å². The Labute approximate surface area is 114 Å². The number of hydrogen-bond acceptors (Lipinski definition) is 4. The quantitative estimate of drug-likeness (QED) is 0.832. The number of nitrogens with zero attached hydrogens (tertiary/aromatic N) is 3. The minimum Gasteiger partial charge on any atom is -0.395 e. The molecule has 0 aliphatic carbocycles. The van der Waals surface area contributed by atoms with Gasteiger partial charge in [-0.25, -0.2) is 0 Å². The van der Waals surface area contributed by atoms with Crippen molar-refractivity contribution in [1.82, 2.24) is 20.0 Å². The Hall–Kier alpha value is -0.330. The third-order valence-electron chi connectivity index (χ3n) is 2.63. The molecular formula is C10H20Cl2N4O. The molecule has 0 amide bonds. The molecule has 0 bridgehead atoms. The van der Waals surface area contributed by atoms with Gasteiger partial charge in [0.05, 0.1) is 24.5 Å². The molecular weight excluding hydrogens is 263 g/mol. The maximum Gasteiger partial charge on any atom is 0.0768 e. The van der Waals surface area contributed by atoms with Crippen molar-refractivity contribution in [3.63, 3.8) is 0 Å². The van der Waals surface area contributed by atoms with Crippen LogP contribution in [0.1, 0.15) is 11.4 Å². The predicted octanol–water partition coefficient (Wildman–Crippen LogP) is 0.254. The van der Waals surface area contributed by atoms with Crippen molar-refractivity contribution in [2.75, 3.05) is 26.7 Å². The largest absolute Gasteiger partial charge is 0.395 e. The monoisotopic (exact) mass is 282 g/mol. The van der Waals surface area contributed by atoms with Crippen LogP contribution in [0.4, 0.5) is 0 Å². The number of aliphatic hydroxyl groups is 1. The number of halogens is 2. The zero-order valence-corrected chi connectivity index (χ0v) is 11.6. The number of nitrogens with one attached hydrogen (secondary N) is 1. The van der Waals surface area contributed by atoms with Crippen LogP contribution >= 0.6 is 24.8 Å². The van der Waals surface area contributed by atoms with Crippen LogP contribution in [0.2, 0.25) is 0 Å². The molecule has 5 nitrogen and oxygen atoms in total. The molecule has 1 aromatic rings. The summed E-state index contributed by atoms with van der Waals surface area (Å²) in [6.45, 7) is 4.57. The molecule has 0 unspecified atom stereocenters. The van der Waals surface area contributed by atoms with Gasteiger partial charge >= 0.3 is 0 Å². The lowest BCUT2D eigenvalue weighted by atomic mass is 10.3. The summed E-state index contributed by atoms with van der Waals surface area (Å²) in [6.07, 6.45) is 0. The summed E-state index contributed by atoms with van der Waals surface area (Å²) in [4.78, 5) is 2.07. The van der Waals surface area contributed by atoms with Crippen LogP contribution in [0.25, 0.3) is 0 Å². The molecule has 1 aromatic heterocycles. The van der Waals surface area contributed by atoms with Crippen LogP contribution in [-0.4, -0.2) is 46.5 Å². The predicted molar refractivity (Wildman–Crippen MR) is 71.8 cm³/mol. The lowest BCUT2D eigenvalue weighted by Gasteiger charge is -2.14. The molecule has 0 fully saturated rings. The standard InChI is InChI=1S/C10H18N4O.2ClH/c1-13(4-5-15)8-9-6-10-7-11-2-3-14(10)12-9;;/h6,11,15H,2-5,7-8H2,1H3;2*1H. The maximum atomic E-state index is 8.80. The summed E-state index contributed by atoms with van der Waals surface area (Å²) in [6, 6.07) is 2.14. The van der Waals surface area contributed by atoms with Gasteiger partial charge in [0.25, 0.3) is 0 Å². The molecule has 2 rings (SSSR count). The lowest BCUT2D eigenvalue weighted by molar-refractivity contribution is 0.215. The minimum absolute atomic E-state index is 0. The third-order valence-corrected chi connectivity index (χ3v) is 2.63. The molecule has 1 aliphatic heterocycles. The second-order valence-electron chi connectivity index (χ2n) is 3.99. The van der Waals surface area contributed by atoms with Gasteiger partial charge in [-0.2, -0.15) is 5.10 Å². The summed E-state index contributed by atoms with van der Waals surface area (Å²) >= 11 is 0. The van der Waals surface area contributed by atoms with E-state index in [1.807, 2.05) is 7.05 Å². The molecule has 2 heterocycles. The van der Waals surface area contributed by atoms with E-state index >= 15 is 0 Å². The smallest absolute Gasteiger partial charge is 0.0768 e. The Morgan fingerprint density at radius 3 is 2.94 bits per heavy atom. The van der Waals surface area contributed by atoms with E-state index in [1.165, 1.54) is 5.69 Å². The van der Waals surface area contributed by atoms with Crippen molar-refractivity contribution in [3.8, 4) is 0 Å². The third kappa shape index (κ3) is 4.44. The molecule has 2 N–H and O–H groups in total. The highest BCUT2D eigenvalue weighted by atomic mass is 35.5. The van der Waals surface area contributed by atoms with Gasteiger partial charge in [0.2, 0.25) is 0 Å². The normalized spacial score (nSPS) is 13.8. The first kappa shape index (κ1) is 16.7. The zero-order chi connectivity index (χ0) is 10.7. The highest BCUT2D eigenvalue weighted by molar-refractivity contribution is 5.85. The summed E-state index contributed by atoms with van der Waals surface area (Å²) in [5.74, 6) is 0. The van der Waals surface area contributed by atoms with Gasteiger partial charge < -0.3 is 10.4 Å². The first-order valence-electron chi connectivity index (χ1n) is 5.35. The highest BCUT2D eigenvalue weighted by Gasteiger charge is 2.12. The summed E-state index contributed by atoms with van der Waals surface area (Å²) in [5, 5.41) is 16.6. The SMILES string of the molecule is CN(CCO)Cc1cc2n(n1)CCNC2.Cl.Cl. The van der Waals surface area contributed by atoms with E-state index in [0.717, 1.165) is 31.9 Å².